The van der Waals surface area contributed by atoms with E-state index in [4.69, 9.17) is 0 Å². The van der Waals surface area contributed by atoms with Gasteiger partial charge in [-0.25, -0.2) is 9.48 Å². The molecule has 0 unspecified atom stereocenters. The predicted molar refractivity (Wildman–Crippen MR) is 135 cm³/mol. The van der Waals surface area contributed by atoms with Crippen molar-refractivity contribution in [2.75, 3.05) is 6.54 Å². The van der Waals surface area contributed by atoms with Gasteiger partial charge in [-0.05, 0) is 67.4 Å². The number of aryl methyl sites for hydroxylation is 1. The predicted octanol–water partition coefficient (Wildman–Crippen LogP) is 3.34. The third-order valence-electron chi connectivity index (χ3n) is 7.07. The van der Waals surface area contributed by atoms with Crippen LogP contribution in [0, 0.1) is 13.8 Å². The molecule has 0 bridgehead atoms. The van der Waals surface area contributed by atoms with Crippen LogP contribution in [0.1, 0.15) is 52.8 Å². The number of carbonyl (C=O) groups is 3. The molecule has 0 radical (unpaired) electrons. The van der Waals surface area contributed by atoms with Crippen molar-refractivity contribution in [2.24, 2.45) is 0 Å². The molecule has 0 aliphatic carbocycles. The summed E-state index contributed by atoms with van der Waals surface area (Å²) in [5.41, 5.74) is 3.21. The first-order valence-electron chi connectivity index (χ1n) is 12.0. The first-order valence-corrected chi connectivity index (χ1v) is 12.0. The Labute approximate surface area is 213 Å². The molecule has 4 aromatic rings. The van der Waals surface area contributed by atoms with Crippen molar-refractivity contribution >= 4 is 17.7 Å². The highest BCUT2D eigenvalue weighted by Gasteiger charge is 2.49. The lowest BCUT2D eigenvalue weighted by molar-refractivity contribution is -0.130. The fraction of sp³-hybridized carbons (Fsp3) is 0.259. The van der Waals surface area contributed by atoms with Crippen molar-refractivity contribution in [2.45, 2.75) is 39.3 Å². The third-order valence-corrected chi connectivity index (χ3v) is 7.07. The summed E-state index contributed by atoms with van der Waals surface area (Å²) in [5, 5.41) is 13.9. The van der Waals surface area contributed by atoms with E-state index >= 15 is 0 Å². The van der Waals surface area contributed by atoms with Crippen molar-refractivity contribution in [3.05, 3.63) is 95.1 Å². The van der Waals surface area contributed by atoms with Gasteiger partial charge in [0.15, 0.2) is 5.78 Å². The third kappa shape index (κ3) is 4.10. The smallest absolute Gasteiger partial charge is 0.325 e. The molecular formula is C27H27N7O3. The second kappa shape index (κ2) is 9.12. The summed E-state index contributed by atoms with van der Waals surface area (Å²) < 4.78 is 3.56. The van der Waals surface area contributed by atoms with Crippen LogP contribution in [0.25, 0.3) is 5.69 Å². The molecule has 1 N–H and O–H groups in total. The van der Waals surface area contributed by atoms with Crippen molar-refractivity contribution < 1.29 is 14.4 Å². The fourth-order valence-electron chi connectivity index (χ4n) is 5.04. The van der Waals surface area contributed by atoms with Gasteiger partial charge >= 0.3 is 6.03 Å². The number of ketones is 1. The molecule has 37 heavy (non-hydrogen) atoms. The number of tetrazole rings is 1. The van der Waals surface area contributed by atoms with Gasteiger partial charge < -0.3 is 9.88 Å². The van der Waals surface area contributed by atoms with Gasteiger partial charge in [-0.1, -0.05) is 42.5 Å². The zero-order valence-electron chi connectivity index (χ0n) is 21.0. The zero-order chi connectivity index (χ0) is 26.3. The lowest BCUT2D eigenvalue weighted by Gasteiger charge is -2.22. The summed E-state index contributed by atoms with van der Waals surface area (Å²) in [4.78, 5) is 40.8. The minimum atomic E-state index is -1.33. The van der Waals surface area contributed by atoms with Crippen LogP contribution < -0.4 is 5.32 Å². The fourth-order valence-corrected chi connectivity index (χ4v) is 5.04. The van der Waals surface area contributed by atoms with E-state index in [2.05, 4.69) is 32.3 Å². The molecule has 10 nitrogen and oxygen atoms in total. The topological polar surface area (TPSA) is 115 Å². The molecule has 0 spiro atoms. The second-order valence-corrected chi connectivity index (χ2v) is 9.42. The number of aromatic nitrogens is 5. The van der Waals surface area contributed by atoms with E-state index in [9.17, 15) is 14.4 Å². The number of nitrogens with zero attached hydrogens (tertiary/aromatic N) is 6. The molecule has 1 aliphatic rings. The molecule has 2 atom stereocenters. The van der Waals surface area contributed by atoms with E-state index in [1.54, 1.807) is 31.2 Å². The van der Waals surface area contributed by atoms with Crippen LogP contribution in [0.15, 0.2) is 67.0 Å². The minimum absolute atomic E-state index is 0.0234. The van der Waals surface area contributed by atoms with Crippen molar-refractivity contribution in [1.82, 2.24) is 35.0 Å². The van der Waals surface area contributed by atoms with Crippen LogP contribution >= 0.6 is 0 Å². The highest BCUT2D eigenvalue weighted by atomic mass is 16.2. The number of imide groups is 1. The maximum Gasteiger partial charge on any atom is 0.325 e. The van der Waals surface area contributed by atoms with E-state index in [0.717, 1.165) is 21.9 Å². The number of rotatable bonds is 7. The summed E-state index contributed by atoms with van der Waals surface area (Å²) in [6.07, 6.45) is 1.44. The molecular weight excluding hydrogens is 470 g/mol. The number of amides is 3. The van der Waals surface area contributed by atoms with Gasteiger partial charge in [0.1, 0.15) is 11.9 Å². The minimum Gasteiger partial charge on any atom is -0.341 e. The van der Waals surface area contributed by atoms with Gasteiger partial charge in [0.25, 0.3) is 5.91 Å². The Balaban J connectivity index is 1.39. The summed E-state index contributed by atoms with van der Waals surface area (Å²) in [6, 6.07) is 18.3. The Morgan fingerprint density at radius 3 is 2.51 bits per heavy atom. The molecule has 10 heteroatoms. The van der Waals surface area contributed by atoms with E-state index in [1.807, 2.05) is 50.2 Å². The SMILES string of the molecule is Cc1cc(C(=O)CN2C(=O)N[C@@](C)(c3cccc(-n4cnnn4)c3)C2=O)c(C)n1[C@H](C)c1ccccc1. The maximum atomic E-state index is 13.5. The Bertz CT molecular complexity index is 1490. The lowest BCUT2D eigenvalue weighted by Crippen LogP contribution is -2.41. The van der Waals surface area contributed by atoms with Gasteiger partial charge in [0.05, 0.1) is 18.3 Å². The monoisotopic (exact) mass is 497 g/mol. The van der Waals surface area contributed by atoms with Gasteiger partial charge in [-0.3, -0.25) is 14.5 Å². The van der Waals surface area contributed by atoms with E-state index in [0.29, 0.717) is 16.8 Å². The molecule has 188 valence electrons. The van der Waals surface area contributed by atoms with Crippen LogP contribution in [0.4, 0.5) is 4.79 Å². The van der Waals surface area contributed by atoms with Crippen molar-refractivity contribution in [3.63, 3.8) is 0 Å². The first-order chi connectivity index (χ1) is 17.7. The van der Waals surface area contributed by atoms with Crippen molar-refractivity contribution in [1.29, 1.82) is 0 Å². The molecule has 2 aromatic carbocycles. The van der Waals surface area contributed by atoms with Gasteiger partial charge in [0.2, 0.25) is 0 Å². The van der Waals surface area contributed by atoms with Crippen LogP contribution in [-0.4, -0.2) is 53.9 Å². The number of carbonyl (C=O) groups excluding carboxylic acids is 3. The average Bonchev–Trinajstić information content (AvgIpc) is 3.59. The molecule has 2 aromatic heterocycles. The quantitative estimate of drug-likeness (QED) is 0.309. The van der Waals surface area contributed by atoms with Crippen LogP contribution in [0.2, 0.25) is 0 Å². The molecule has 1 saturated heterocycles. The highest BCUT2D eigenvalue weighted by Crippen LogP contribution is 2.31. The van der Waals surface area contributed by atoms with Crippen LogP contribution in [0.3, 0.4) is 0 Å². The number of hydrogen-bond acceptors (Lipinski definition) is 6. The molecule has 5 rings (SSSR count). The Hall–Kier alpha value is -4.60. The van der Waals surface area contributed by atoms with E-state index in [1.165, 1.54) is 11.0 Å². The first kappa shape index (κ1) is 24.1. The summed E-state index contributed by atoms with van der Waals surface area (Å²) in [7, 11) is 0. The molecule has 3 amide bonds. The molecule has 3 heterocycles. The standard InChI is InChI=1S/C27H27N7O3/c1-17-13-23(19(3)34(17)18(2)20-9-6-5-7-10-20)24(35)15-32-25(36)27(4,29-26(32)37)21-11-8-12-22(14-21)33-16-28-30-31-33/h5-14,16,18H,15H2,1-4H3,(H,29,37)/t18-,27+/m1/s1. The Morgan fingerprint density at radius 2 is 1.81 bits per heavy atom. The van der Waals surface area contributed by atoms with Gasteiger partial charge in [-0.15, -0.1) is 5.10 Å². The van der Waals surface area contributed by atoms with Crippen LogP contribution in [0.5, 0.6) is 0 Å². The van der Waals surface area contributed by atoms with E-state index in [-0.39, 0.29) is 18.4 Å². The van der Waals surface area contributed by atoms with Gasteiger partial charge in [0, 0.05) is 17.0 Å². The summed E-state index contributed by atoms with van der Waals surface area (Å²) in [5.74, 6) is -0.791. The van der Waals surface area contributed by atoms with Crippen molar-refractivity contribution in [3.8, 4) is 5.69 Å². The number of Topliss-reactive ketones (excluding diaryl/α,β-unsaturated/α-hetero) is 1. The molecule has 1 fully saturated rings. The second-order valence-electron chi connectivity index (χ2n) is 9.42. The van der Waals surface area contributed by atoms with Crippen LogP contribution in [-0.2, 0) is 10.3 Å². The van der Waals surface area contributed by atoms with Gasteiger partial charge in [-0.2, -0.15) is 0 Å². The molecule has 0 saturated carbocycles. The number of nitrogens with one attached hydrogen (secondary N) is 1. The van der Waals surface area contributed by atoms with E-state index < -0.39 is 17.5 Å². The molecule has 1 aliphatic heterocycles. The number of benzene rings is 2. The zero-order valence-corrected chi connectivity index (χ0v) is 21.0. The average molecular weight is 498 g/mol. The lowest BCUT2D eigenvalue weighted by atomic mass is 9.91. The summed E-state index contributed by atoms with van der Waals surface area (Å²) in [6.45, 7) is 7.20. The Kier molecular flexibility index (Phi) is 5.94. The number of urea groups is 1. The Morgan fingerprint density at radius 1 is 1.05 bits per heavy atom. The largest absolute Gasteiger partial charge is 0.341 e. The normalized spacial score (nSPS) is 18.2. The highest BCUT2D eigenvalue weighted by molar-refractivity contribution is 6.11. The summed E-state index contributed by atoms with van der Waals surface area (Å²) >= 11 is 0. The maximum absolute atomic E-state index is 13.5. The number of hydrogen-bond donors (Lipinski definition) is 1.